The van der Waals surface area contributed by atoms with Crippen molar-refractivity contribution in [3.05, 3.63) is 16.1 Å². The molecule has 0 saturated carbocycles. The molecule has 1 N–H and O–H groups in total. The fraction of sp³-hybridized carbons (Fsp3) is 0.786. The monoisotopic (exact) mass is 270 g/mol. The molecule has 0 aromatic carbocycles. The first-order chi connectivity index (χ1) is 8.34. The molecule has 0 spiro atoms. The number of methoxy groups -OCH3 is 1. The van der Waals surface area contributed by atoms with E-state index in [0.29, 0.717) is 12.0 Å². The molecular weight excluding hydrogens is 244 g/mol. The molecule has 0 aliphatic heterocycles. The van der Waals surface area contributed by atoms with Crippen LogP contribution in [0.15, 0.2) is 6.20 Å². The van der Waals surface area contributed by atoms with Crippen molar-refractivity contribution >= 4 is 11.3 Å². The third-order valence-electron chi connectivity index (χ3n) is 2.88. The summed E-state index contributed by atoms with van der Waals surface area (Å²) < 4.78 is 5.24. The molecule has 104 valence electrons. The van der Waals surface area contributed by atoms with Crippen LogP contribution in [0.3, 0.4) is 0 Å². The molecule has 1 heterocycles. The van der Waals surface area contributed by atoms with Gasteiger partial charge in [0.1, 0.15) is 0 Å². The van der Waals surface area contributed by atoms with Crippen LogP contribution in [0.2, 0.25) is 0 Å². The molecule has 1 unspecified atom stereocenters. The Bertz CT molecular complexity index is 355. The molecule has 0 fully saturated rings. The lowest BCUT2D eigenvalue weighted by atomic mass is 9.98. The summed E-state index contributed by atoms with van der Waals surface area (Å²) in [6.07, 6.45) is 1.99. The summed E-state index contributed by atoms with van der Waals surface area (Å²) in [5.41, 5.74) is 0.146. The summed E-state index contributed by atoms with van der Waals surface area (Å²) >= 11 is 1.80. The summed E-state index contributed by atoms with van der Waals surface area (Å²) in [5.74, 6) is 0.569. The van der Waals surface area contributed by atoms with Crippen LogP contribution in [-0.4, -0.2) is 24.7 Å². The lowest BCUT2D eigenvalue weighted by Crippen LogP contribution is -2.37. The Hall–Kier alpha value is -0.450. The van der Waals surface area contributed by atoms with Crippen molar-refractivity contribution in [3.63, 3.8) is 0 Å². The average Bonchev–Trinajstić information content (AvgIpc) is 2.71. The molecule has 0 aliphatic carbocycles. The van der Waals surface area contributed by atoms with Gasteiger partial charge in [0.25, 0.3) is 0 Å². The van der Waals surface area contributed by atoms with E-state index in [-0.39, 0.29) is 5.41 Å². The molecular formula is C14H26N2OS. The van der Waals surface area contributed by atoms with E-state index in [1.54, 1.807) is 18.4 Å². The van der Waals surface area contributed by atoms with Crippen LogP contribution in [0.1, 0.15) is 44.5 Å². The highest BCUT2D eigenvalue weighted by atomic mass is 32.1. The van der Waals surface area contributed by atoms with Gasteiger partial charge in [-0.1, -0.05) is 34.6 Å². The molecule has 0 bridgehead atoms. The smallest absolute Gasteiger partial charge is 0.0981 e. The van der Waals surface area contributed by atoms with Gasteiger partial charge in [-0.05, 0) is 5.92 Å². The molecule has 1 rings (SSSR count). The largest absolute Gasteiger partial charge is 0.383 e. The quantitative estimate of drug-likeness (QED) is 0.862. The van der Waals surface area contributed by atoms with Crippen LogP contribution in [0, 0.1) is 5.92 Å². The molecule has 1 aromatic heterocycles. The third-order valence-corrected chi connectivity index (χ3v) is 4.31. The summed E-state index contributed by atoms with van der Waals surface area (Å²) in [6.45, 7) is 12.6. The molecule has 4 heteroatoms. The first-order valence-corrected chi connectivity index (χ1v) is 7.33. The van der Waals surface area contributed by atoms with Gasteiger partial charge in [0, 0.05) is 36.2 Å². The second-order valence-corrected chi connectivity index (χ2v) is 7.18. The minimum absolute atomic E-state index is 0.146. The van der Waals surface area contributed by atoms with Crippen molar-refractivity contribution in [3.8, 4) is 0 Å². The van der Waals surface area contributed by atoms with Crippen LogP contribution in [0.4, 0.5) is 0 Å². The van der Waals surface area contributed by atoms with Gasteiger partial charge in [-0.2, -0.15) is 0 Å². The predicted molar refractivity (Wildman–Crippen MR) is 78.2 cm³/mol. The lowest BCUT2D eigenvalue weighted by Gasteiger charge is -2.21. The van der Waals surface area contributed by atoms with Crippen LogP contribution in [0.5, 0.6) is 0 Å². The van der Waals surface area contributed by atoms with E-state index in [1.165, 1.54) is 9.88 Å². The van der Waals surface area contributed by atoms with Gasteiger partial charge < -0.3 is 10.1 Å². The zero-order chi connectivity index (χ0) is 13.8. The Morgan fingerprint density at radius 2 is 2.06 bits per heavy atom. The first-order valence-electron chi connectivity index (χ1n) is 6.52. The third kappa shape index (κ3) is 4.67. The summed E-state index contributed by atoms with van der Waals surface area (Å²) in [4.78, 5) is 5.80. The Kier molecular flexibility index (Phi) is 5.76. The molecule has 0 amide bonds. The number of nitrogens with one attached hydrogen (secondary N) is 1. The van der Waals surface area contributed by atoms with Crippen molar-refractivity contribution in [2.75, 3.05) is 13.7 Å². The minimum atomic E-state index is 0.146. The number of ether oxygens (including phenoxy) is 1. The van der Waals surface area contributed by atoms with Crippen molar-refractivity contribution in [1.29, 1.82) is 0 Å². The van der Waals surface area contributed by atoms with E-state index in [4.69, 9.17) is 4.74 Å². The van der Waals surface area contributed by atoms with Gasteiger partial charge in [0.15, 0.2) is 0 Å². The van der Waals surface area contributed by atoms with Crippen LogP contribution >= 0.6 is 11.3 Å². The minimum Gasteiger partial charge on any atom is -0.383 e. The average molecular weight is 270 g/mol. The lowest BCUT2D eigenvalue weighted by molar-refractivity contribution is 0.146. The molecule has 3 nitrogen and oxygen atoms in total. The zero-order valence-electron chi connectivity index (χ0n) is 12.4. The molecule has 18 heavy (non-hydrogen) atoms. The molecule has 0 aliphatic rings. The van der Waals surface area contributed by atoms with Gasteiger partial charge in [-0.25, -0.2) is 4.98 Å². The fourth-order valence-corrected chi connectivity index (χ4v) is 2.56. The van der Waals surface area contributed by atoms with Gasteiger partial charge >= 0.3 is 0 Å². The van der Waals surface area contributed by atoms with Crippen molar-refractivity contribution in [1.82, 2.24) is 10.3 Å². The van der Waals surface area contributed by atoms with Crippen molar-refractivity contribution in [2.45, 2.75) is 52.6 Å². The van der Waals surface area contributed by atoms with E-state index >= 15 is 0 Å². The second kappa shape index (κ2) is 6.64. The van der Waals surface area contributed by atoms with Gasteiger partial charge in [0.05, 0.1) is 11.6 Å². The first kappa shape index (κ1) is 15.6. The maximum Gasteiger partial charge on any atom is 0.0981 e. The maximum absolute atomic E-state index is 5.24. The number of rotatable bonds is 6. The van der Waals surface area contributed by atoms with Gasteiger partial charge in [-0.15, -0.1) is 11.3 Å². The van der Waals surface area contributed by atoms with Crippen molar-refractivity contribution in [2.24, 2.45) is 5.92 Å². The van der Waals surface area contributed by atoms with Crippen LogP contribution in [0.25, 0.3) is 0 Å². The van der Waals surface area contributed by atoms with Crippen LogP contribution in [-0.2, 0) is 16.7 Å². The topological polar surface area (TPSA) is 34.1 Å². The standard InChI is InChI=1S/C14H26N2OS/c1-10(2)12(9-17-6)15-7-11-8-16-13(18-11)14(3,4)5/h8,10,12,15H,7,9H2,1-6H3. The van der Waals surface area contributed by atoms with E-state index in [1.807, 2.05) is 6.20 Å². The van der Waals surface area contributed by atoms with Crippen molar-refractivity contribution < 1.29 is 4.74 Å². The number of thiazole rings is 1. The zero-order valence-corrected chi connectivity index (χ0v) is 13.2. The molecule has 1 aromatic rings. The number of aromatic nitrogens is 1. The highest BCUT2D eigenvalue weighted by Crippen LogP contribution is 2.26. The molecule has 0 saturated heterocycles. The summed E-state index contributed by atoms with van der Waals surface area (Å²) in [7, 11) is 1.75. The Morgan fingerprint density at radius 3 is 2.50 bits per heavy atom. The molecule has 1 atom stereocenters. The van der Waals surface area contributed by atoms with E-state index in [0.717, 1.165) is 13.2 Å². The SMILES string of the molecule is COCC(NCc1cnc(C(C)(C)C)s1)C(C)C. The number of hydrogen-bond acceptors (Lipinski definition) is 4. The highest BCUT2D eigenvalue weighted by molar-refractivity contribution is 7.11. The molecule has 0 radical (unpaired) electrons. The van der Waals surface area contributed by atoms with Crippen LogP contribution < -0.4 is 5.32 Å². The fourth-order valence-electron chi connectivity index (χ4n) is 1.63. The Labute approximate surface area is 115 Å². The van der Waals surface area contributed by atoms with E-state index < -0.39 is 0 Å². The summed E-state index contributed by atoms with van der Waals surface area (Å²) in [6, 6.07) is 0.398. The Morgan fingerprint density at radius 1 is 1.39 bits per heavy atom. The Balaban J connectivity index is 2.55. The van der Waals surface area contributed by atoms with Gasteiger partial charge in [-0.3, -0.25) is 0 Å². The number of hydrogen-bond donors (Lipinski definition) is 1. The number of nitrogens with zero attached hydrogens (tertiary/aromatic N) is 1. The van der Waals surface area contributed by atoms with Gasteiger partial charge in [0.2, 0.25) is 0 Å². The maximum atomic E-state index is 5.24. The highest BCUT2D eigenvalue weighted by Gasteiger charge is 2.18. The predicted octanol–water partition coefficient (Wildman–Crippen LogP) is 3.20. The van der Waals surface area contributed by atoms with E-state index in [2.05, 4.69) is 44.9 Å². The summed E-state index contributed by atoms with van der Waals surface area (Å²) in [5, 5.41) is 4.75. The van der Waals surface area contributed by atoms with E-state index in [9.17, 15) is 0 Å². The normalized spacial score (nSPS) is 14.2. The second-order valence-electron chi connectivity index (χ2n) is 6.07.